The van der Waals surface area contributed by atoms with Crippen LogP contribution in [0.3, 0.4) is 0 Å². The summed E-state index contributed by atoms with van der Waals surface area (Å²) in [6.45, 7) is 1.90. The molecule has 0 N–H and O–H groups in total. The largest absolute Gasteiger partial charge is 0.293 e. The monoisotopic (exact) mass is 213 g/mol. The zero-order valence-corrected chi connectivity index (χ0v) is 8.85. The third-order valence-corrected chi connectivity index (χ3v) is 1.98. The summed E-state index contributed by atoms with van der Waals surface area (Å²) in [7, 11) is 0. The van der Waals surface area contributed by atoms with Gasteiger partial charge in [0.25, 0.3) is 0 Å². The van der Waals surface area contributed by atoms with Crippen LogP contribution < -0.4 is 0 Å². The Labute approximate surface area is 93.2 Å². The Hall–Kier alpha value is -2.30. The quantitative estimate of drug-likeness (QED) is 0.440. The number of aromatic nitrogens is 3. The summed E-state index contributed by atoms with van der Waals surface area (Å²) in [4.78, 5) is 8.15. The van der Waals surface area contributed by atoms with Crippen LogP contribution >= 0.6 is 0 Å². The molecule has 5 heteroatoms. The van der Waals surface area contributed by atoms with Gasteiger partial charge in [0.05, 0.1) is 11.9 Å². The van der Waals surface area contributed by atoms with E-state index >= 15 is 0 Å². The van der Waals surface area contributed by atoms with E-state index < -0.39 is 0 Å². The molecule has 2 heterocycles. The van der Waals surface area contributed by atoms with E-state index in [1.165, 1.54) is 0 Å². The molecule has 16 heavy (non-hydrogen) atoms. The maximum Gasteiger partial charge on any atom is 0.123 e. The fourth-order valence-electron chi connectivity index (χ4n) is 1.14. The first-order valence-corrected chi connectivity index (χ1v) is 4.83. The van der Waals surface area contributed by atoms with Crippen molar-refractivity contribution in [3.05, 3.63) is 48.3 Å². The first-order valence-electron chi connectivity index (χ1n) is 4.83. The highest BCUT2D eigenvalue weighted by atomic mass is 15.2. The van der Waals surface area contributed by atoms with E-state index in [1.807, 2.05) is 31.3 Å². The van der Waals surface area contributed by atoms with Crippen LogP contribution in [-0.2, 0) is 0 Å². The highest BCUT2D eigenvalue weighted by Crippen LogP contribution is 1.91. The van der Waals surface area contributed by atoms with Crippen LogP contribution in [0.4, 0.5) is 0 Å². The van der Waals surface area contributed by atoms with Gasteiger partial charge in [-0.15, -0.1) is 5.10 Å². The molecule has 5 nitrogen and oxygen atoms in total. The van der Waals surface area contributed by atoms with Crippen molar-refractivity contribution < 1.29 is 0 Å². The molecule has 0 radical (unpaired) electrons. The molecule has 0 saturated carbocycles. The van der Waals surface area contributed by atoms with Crippen LogP contribution in [0.5, 0.6) is 0 Å². The number of imidazole rings is 1. The predicted molar refractivity (Wildman–Crippen MR) is 62.7 cm³/mol. The van der Waals surface area contributed by atoms with Crippen LogP contribution in [0.2, 0.25) is 0 Å². The smallest absolute Gasteiger partial charge is 0.123 e. The molecule has 2 aromatic heterocycles. The second-order valence-corrected chi connectivity index (χ2v) is 3.11. The van der Waals surface area contributed by atoms with Crippen molar-refractivity contribution in [2.45, 2.75) is 6.92 Å². The SMILES string of the molecule is Cc1nccn1/C=N/N=C/c1ccccn1. The molecular formula is C11H11N5. The zero-order chi connectivity index (χ0) is 11.2. The van der Waals surface area contributed by atoms with Crippen molar-refractivity contribution >= 4 is 12.6 Å². The molecule has 80 valence electrons. The van der Waals surface area contributed by atoms with Gasteiger partial charge in [-0.3, -0.25) is 9.55 Å². The lowest BCUT2D eigenvalue weighted by atomic mass is 10.4. The van der Waals surface area contributed by atoms with E-state index in [1.54, 1.807) is 29.5 Å². The molecule has 0 aliphatic carbocycles. The first-order chi connectivity index (χ1) is 7.86. The van der Waals surface area contributed by atoms with Gasteiger partial charge in [0.1, 0.15) is 12.2 Å². The molecule has 0 saturated heterocycles. The second-order valence-electron chi connectivity index (χ2n) is 3.11. The van der Waals surface area contributed by atoms with E-state index in [9.17, 15) is 0 Å². The molecule has 2 rings (SSSR count). The summed E-state index contributed by atoms with van der Waals surface area (Å²) in [5.74, 6) is 0.872. The molecule has 2 aromatic rings. The van der Waals surface area contributed by atoms with Gasteiger partial charge in [-0.1, -0.05) is 6.07 Å². The van der Waals surface area contributed by atoms with E-state index in [-0.39, 0.29) is 0 Å². The van der Waals surface area contributed by atoms with E-state index in [0.29, 0.717) is 0 Å². The minimum Gasteiger partial charge on any atom is -0.293 e. The molecule has 0 fully saturated rings. The van der Waals surface area contributed by atoms with Gasteiger partial charge in [0.2, 0.25) is 0 Å². The van der Waals surface area contributed by atoms with Crippen molar-refractivity contribution in [1.82, 2.24) is 14.5 Å². The predicted octanol–water partition coefficient (Wildman–Crippen LogP) is 1.50. The van der Waals surface area contributed by atoms with Crippen LogP contribution in [0.1, 0.15) is 11.5 Å². The summed E-state index contributed by atoms with van der Waals surface area (Å²) < 4.78 is 1.79. The van der Waals surface area contributed by atoms with Crippen LogP contribution in [-0.4, -0.2) is 27.1 Å². The van der Waals surface area contributed by atoms with Crippen LogP contribution in [0.25, 0.3) is 0 Å². The molecule has 0 aliphatic heterocycles. The molecular weight excluding hydrogens is 202 g/mol. The molecule has 0 aliphatic rings. The van der Waals surface area contributed by atoms with E-state index in [2.05, 4.69) is 20.2 Å². The van der Waals surface area contributed by atoms with Crippen LogP contribution in [0.15, 0.2) is 47.0 Å². The Morgan fingerprint density at radius 1 is 1.19 bits per heavy atom. The van der Waals surface area contributed by atoms with E-state index in [0.717, 1.165) is 11.5 Å². The number of nitrogens with zero attached hydrogens (tertiary/aromatic N) is 5. The van der Waals surface area contributed by atoms with Gasteiger partial charge < -0.3 is 0 Å². The van der Waals surface area contributed by atoms with Gasteiger partial charge in [0, 0.05) is 18.6 Å². The maximum absolute atomic E-state index is 4.09. The lowest BCUT2D eigenvalue weighted by Gasteiger charge is -1.91. The van der Waals surface area contributed by atoms with Gasteiger partial charge in [0.15, 0.2) is 0 Å². The van der Waals surface area contributed by atoms with Crippen molar-refractivity contribution in [2.75, 3.05) is 0 Å². The fourth-order valence-corrected chi connectivity index (χ4v) is 1.14. The Morgan fingerprint density at radius 2 is 2.12 bits per heavy atom. The molecule has 0 spiro atoms. The molecule has 0 atom stereocenters. The molecule has 0 unspecified atom stereocenters. The Bertz CT molecular complexity index is 498. The van der Waals surface area contributed by atoms with Gasteiger partial charge in [-0.25, -0.2) is 4.98 Å². The number of pyridine rings is 1. The molecule has 0 aromatic carbocycles. The molecule has 0 amide bonds. The highest BCUT2D eigenvalue weighted by molar-refractivity contribution is 5.77. The molecule has 0 bridgehead atoms. The Balaban J connectivity index is 2.00. The zero-order valence-electron chi connectivity index (χ0n) is 8.85. The van der Waals surface area contributed by atoms with Crippen molar-refractivity contribution in [3.63, 3.8) is 0 Å². The van der Waals surface area contributed by atoms with Gasteiger partial charge in [-0.05, 0) is 19.1 Å². The standard InChI is InChI=1S/C11H11N5/c1-10-12-6-7-16(10)9-15-14-8-11-4-2-3-5-13-11/h2-9H,1H3/b14-8+,15-9+. The second kappa shape index (κ2) is 4.97. The minimum absolute atomic E-state index is 0.780. The normalized spacial score (nSPS) is 11.6. The summed E-state index contributed by atoms with van der Waals surface area (Å²) >= 11 is 0. The van der Waals surface area contributed by atoms with Crippen molar-refractivity contribution in [3.8, 4) is 0 Å². The Kier molecular flexibility index (Phi) is 3.18. The highest BCUT2D eigenvalue weighted by Gasteiger charge is 1.89. The Morgan fingerprint density at radius 3 is 2.81 bits per heavy atom. The summed E-state index contributed by atoms with van der Waals surface area (Å²) in [5, 5.41) is 7.79. The van der Waals surface area contributed by atoms with E-state index in [4.69, 9.17) is 0 Å². The number of hydrogen-bond acceptors (Lipinski definition) is 4. The van der Waals surface area contributed by atoms with Crippen molar-refractivity contribution in [2.24, 2.45) is 10.2 Å². The lowest BCUT2D eigenvalue weighted by Crippen LogP contribution is -1.95. The third kappa shape index (κ3) is 2.60. The van der Waals surface area contributed by atoms with Gasteiger partial charge in [-0.2, -0.15) is 5.10 Å². The van der Waals surface area contributed by atoms with Crippen LogP contribution in [0, 0.1) is 6.92 Å². The summed E-state index contributed by atoms with van der Waals surface area (Å²) in [6, 6.07) is 5.62. The fraction of sp³-hybridized carbons (Fsp3) is 0.0909. The number of aryl methyl sites for hydroxylation is 1. The topological polar surface area (TPSA) is 55.4 Å². The average molecular weight is 213 g/mol. The maximum atomic E-state index is 4.09. The third-order valence-electron chi connectivity index (χ3n) is 1.98. The first kappa shape index (κ1) is 10.2. The van der Waals surface area contributed by atoms with Crippen molar-refractivity contribution in [1.29, 1.82) is 0 Å². The van der Waals surface area contributed by atoms with Gasteiger partial charge >= 0.3 is 0 Å². The average Bonchev–Trinajstić information content (AvgIpc) is 2.72. The number of rotatable bonds is 3. The number of hydrogen-bond donors (Lipinski definition) is 0. The summed E-state index contributed by atoms with van der Waals surface area (Å²) in [5.41, 5.74) is 0.780. The minimum atomic E-state index is 0.780. The lowest BCUT2D eigenvalue weighted by molar-refractivity contribution is 1.03. The summed E-state index contributed by atoms with van der Waals surface area (Å²) in [6.07, 6.45) is 8.44.